The molecule has 29 heavy (non-hydrogen) atoms. The standard InChI is InChI=1S/C18H21F3N4O4/c1-4-13(15(26)27)24(3)17(28)25(5-2)10-11-6-8-12(9-7-11)14-22-16(29-23-14)18(19,20)21/h6-9,13H,4-5,10H2,1-3H3,(H,26,27). The van der Waals surface area contributed by atoms with Gasteiger partial charge in [0.1, 0.15) is 6.04 Å². The molecule has 1 aromatic carbocycles. The van der Waals surface area contributed by atoms with Crippen LogP contribution in [0.4, 0.5) is 18.0 Å². The summed E-state index contributed by atoms with van der Waals surface area (Å²) in [7, 11) is 1.44. The summed E-state index contributed by atoms with van der Waals surface area (Å²) in [6.45, 7) is 4.00. The van der Waals surface area contributed by atoms with Crippen LogP contribution in [0.1, 0.15) is 31.7 Å². The molecule has 0 aliphatic heterocycles. The van der Waals surface area contributed by atoms with Crippen molar-refractivity contribution in [3.05, 3.63) is 35.7 Å². The number of nitrogens with zero attached hydrogens (tertiary/aromatic N) is 4. The number of urea groups is 1. The largest absolute Gasteiger partial charge is 0.480 e. The Balaban J connectivity index is 2.12. The van der Waals surface area contributed by atoms with Crippen molar-refractivity contribution in [3.8, 4) is 11.4 Å². The molecule has 8 nitrogen and oxygen atoms in total. The average Bonchev–Trinajstić information content (AvgIpc) is 3.17. The van der Waals surface area contributed by atoms with Gasteiger partial charge in [0.2, 0.25) is 5.82 Å². The smallest absolute Gasteiger partial charge is 0.471 e. The molecular weight excluding hydrogens is 393 g/mol. The van der Waals surface area contributed by atoms with Crippen LogP contribution in [-0.4, -0.2) is 56.7 Å². The van der Waals surface area contributed by atoms with Gasteiger partial charge in [-0.15, -0.1) is 0 Å². The quantitative estimate of drug-likeness (QED) is 0.745. The van der Waals surface area contributed by atoms with Crippen molar-refractivity contribution in [2.24, 2.45) is 0 Å². The Morgan fingerprint density at radius 3 is 2.28 bits per heavy atom. The molecular formula is C18H21F3N4O4. The van der Waals surface area contributed by atoms with Crippen LogP contribution in [0.2, 0.25) is 0 Å². The molecule has 2 rings (SSSR count). The van der Waals surface area contributed by atoms with E-state index in [0.29, 0.717) is 17.7 Å². The van der Waals surface area contributed by atoms with E-state index >= 15 is 0 Å². The topological polar surface area (TPSA) is 99.8 Å². The summed E-state index contributed by atoms with van der Waals surface area (Å²) in [5.74, 6) is -2.70. The maximum Gasteiger partial charge on any atom is 0.471 e. The van der Waals surface area contributed by atoms with E-state index in [1.165, 1.54) is 29.0 Å². The van der Waals surface area contributed by atoms with Crippen molar-refractivity contribution in [2.75, 3.05) is 13.6 Å². The number of rotatable bonds is 7. The summed E-state index contributed by atoms with van der Waals surface area (Å²) < 4.78 is 41.9. The summed E-state index contributed by atoms with van der Waals surface area (Å²) >= 11 is 0. The average molecular weight is 414 g/mol. The minimum atomic E-state index is -4.72. The summed E-state index contributed by atoms with van der Waals surface area (Å²) in [5, 5.41) is 12.5. The van der Waals surface area contributed by atoms with Gasteiger partial charge in [-0.25, -0.2) is 9.59 Å². The van der Waals surface area contributed by atoms with Gasteiger partial charge in [0.05, 0.1) is 0 Å². The highest BCUT2D eigenvalue weighted by atomic mass is 19.4. The van der Waals surface area contributed by atoms with Crippen molar-refractivity contribution < 1.29 is 32.4 Å². The van der Waals surface area contributed by atoms with Gasteiger partial charge in [-0.05, 0) is 18.9 Å². The van der Waals surface area contributed by atoms with Crippen LogP contribution in [0.15, 0.2) is 28.8 Å². The van der Waals surface area contributed by atoms with Crippen molar-refractivity contribution in [1.29, 1.82) is 0 Å². The SMILES string of the molecule is CCC(C(=O)O)N(C)C(=O)N(CC)Cc1ccc(-c2noc(C(F)(F)F)n2)cc1. The van der Waals surface area contributed by atoms with Gasteiger partial charge >= 0.3 is 24.1 Å². The van der Waals surface area contributed by atoms with Crippen molar-refractivity contribution in [3.63, 3.8) is 0 Å². The monoisotopic (exact) mass is 414 g/mol. The van der Waals surface area contributed by atoms with Gasteiger partial charge in [0, 0.05) is 25.7 Å². The Hall–Kier alpha value is -3.11. The second-order valence-corrected chi connectivity index (χ2v) is 6.29. The number of carboxylic acids is 1. The van der Waals surface area contributed by atoms with Crippen LogP contribution in [0.25, 0.3) is 11.4 Å². The van der Waals surface area contributed by atoms with E-state index in [1.54, 1.807) is 26.0 Å². The summed E-state index contributed by atoms with van der Waals surface area (Å²) in [6.07, 6.45) is -4.44. The number of alkyl halides is 3. The Morgan fingerprint density at radius 2 is 1.83 bits per heavy atom. The van der Waals surface area contributed by atoms with E-state index in [2.05, 4.69) is 14.7 Å². The zero-order chi connectivity index (χ0) is 21.8. The first-order chi connectivity index (χ1) is 13.6. The Bertz CT molecular complexity index is 852. The Kier molecular flexibility index (Phi) is 6.83. The number of aliphatic carboxylic acids is 1. The number of halogens is 3. The molecule has 11 heteroatoms. The number of carbonyl (C=O) groups is 2. The lowest BCUT2D eigenvalue weighted by molar-refractivity contribution is -0.159. The number of aromatic nitrogens is 2. The predicted octanol–water partition coefficient (Wildman–Crippen LogP) is 3.49. The number of likely N-dealkylation sites (N-methyl/N-ethyl adjacent to an activating group) is 1. The maximum atomic E-state index is 12.6. The number of amides is 2. The molecule has 1 N–H and O–H groups in total. The second-order valence-electron chi connectivity index (χ2n) is 6.29. The minimum Gasteiger partial charge on any atom is -0.480 e. The molecule has 1 heterocycles. The van der Waals surface area contributed by atoms with Crippen molar-refractivity contribution in [2.45, 2.75) is 39.0 Å². The molecule has 2 amide bonds. The zero-order valence-corrected chi connectivity index (χ0v) is 16.1. The molecule has 158 valence electrons. The number of hydrogen-bond acceptors (Lipinski definition) is 5. The lowest BCUT2D eigenvalue weighted by Gasteiger charge is -2.30. The third kappa shape index (κ3) is 5.24. The first kappa shape index (κ1) is 22.2. The fraction of sp³-hybridized carbons (Fsp3) is 0.444. The molecule has 0 fully saturated rings. The van der Waals surface area contributed by atoms with Crippen LogP contribution in [0, 0.1) is 0 Å². The molecule has 0 aliphatic carbocycles. The number of carboxylic acid groups (broad SMARTS) is 1. The van der Waals surface area contributed by atoms with Crippen LogP contribution in [0.5, 0.6) is 0 Å². The first-order valence-corrected chi connectivity index (χ1v) is 8.83. The highest BCUT2D eigenvalue weighted by molar-refractivity contribution is 5.82. The molecule has 0 saturated heterocycles. The second kappa shape index (κ2) is 8.93. The maximum absolute atomic E-state index is 12.6. The third-order valence-corrected chi connectivity index (χ3v) is 4.35. The summed E-state index contributed by atoms with van der Waals surface area (Å²) in [4.78, 5) is 29.9. The van der Waals surface area contributed by atoms with Crippen LogP contribution >= 0.6 is 0 Å². The third-order valence-electron chi connectivity index (χ3n) is 4.35. The van der Waals surface area contributed by atoms with E-state index < -0.39 is 30.1 Å². The summed E-state index contributed by atoms with van der Waals surface area (Å²) in [6, 6.07) is 4.94. The molecule has 1 unspecified atom stereocenters. The van der Waals surface area contributed by atoms with E-state index in [4.69, 9.17) is 0 Å². The highest BCUT2D eigenvalue weighted by Gasteiger charge is 2.38. The predicted molar refractivity (Wildman–Crippen MR) is 95.7 cm³/mol. The molecule has 1 aromatic heterocycles. The van der Waals surface area contributed by atoms with Crippen LogP contribution in [0.3, 0.4) is 0 Å². The molecule has 0 saturated carbocycles. The minimum absolute atomic E-state index is 0.195. The van der Waals surface area contributed by atoms with E-state index in [0.717, 1.165) is 0 Å². The van der Waals surface area contributed by atoms with Gasteiger partial charge in [0.25, 0.3) is 0 Å². The molecule has 0 aliphatic rings. The van der Waals surface area contributed by atoms with Crippen molar-refractivity contribution in [1.82, 2.24) is 19.9 Å². The number of benzene rings is 1. The fourth-order valence-corrected chi connectivity index (χ4v) is 2.72. The molecule has 1 atom stereocenters. The van der Waals surface area contributed by atoms with Crippen molar-refractivity contribution >= 4 is 12.0 Å². The zero-order valence-electron chi connectivity index (χ0n) is 16.1. The van der Waals surface area contributed by atoms with E-state index in [9.17, 15) is 27.9 Å². The number of carbonyl (C=O) groups excluding carboxylic acids is 1. The lowest BCUT2D eigenvalue weighted by Crippen LogP contribution is -2.48. The van der Waals surface area contributed by atoms with Gasteiger partial charge in [-0.2, -0.15) is 18.2 Å². The molecule has 0 radical (unpaired) electrons. The molecule has 0 bridgehead atoms. The van der Waals surface area contributed by atoms with Gasteiger partial charge in [0.15, 0.2) is 0 Å². The van der Waals surface area contributed by atoms with E-state index in [1.807, 2.05) is 0 Å². The highest BCUT2D eigenvalue weighted by Crippen LogP contribution is 2.29. The number of hydrogen-bond donors (Lipinski definition) is 1. The normalized spacial score (nSPS) is 12.5. The van der Waals surface area contributed by atoms with Crippen LogP contribution < -0.4 is 0 Å². The van der Waals surface area contributed by atoms with Crippen LogP contribution in [-0.2, 0) is 17.5 Å². The molecule has 2 aromatic rings. The summed E-state index contributed by atoms with van der Waals surface area (Å²) in [5.41, 5.74) is 1.04. The van der Waals surface area contributed by atoms with Gasteiger partial charge < -0.3 is 19.4 Å². The first-order valence-electron chi connectivity index (χ1n) is 8.83. The molecule has 0 spiro atoms. The van der Waals surface area contributed by atoms with E-state index in [-0.39, 0.29) is 18.8 Å². The Labute approximate surface area is 164 Å². The fourth-order valence-electron chi connectivity index (χ4n) is 2.72. The van der Waals surface area contributed by atoms with Gasteiger partial charge in [-0.3, -0.25) is 0 Å². The lowest BCUT2D eigenvalue weighted by atomic mass is 10.1. The van der Waals surface area contributed by atoms with Gasteiger partial charge in [-0.1, -0.05) is 36.3 Å². The Morgan fingerprint density at radius 1 is 1.21 bits per heavy atom.